The van der Waals surface area contributed by atoms with Crippen molar-refractivity contribution in [3.05, 3.63) is 223 Å². The molecule has 1 aliphatic rings. The van der Waals surface area contributed by atoms with Crippen molar-refractivity contribution in [2.45, 2.75) is 19.3 Å². The van der Waals surface area contributed by atoms with Gasteiger partial charge in [0, 0.05) is 55.6 Å². The minimum Gasteiger partial charge on any atom is -0.310 e. The molecule has 0 fully saturated rings. The first-order valence-electron chi connectivity index (χ1n) is 21.5. The number of para-hydroxylation sites is 2. The summed E-state index contributed by atoms with van der Waals surface area (Å²) in [6.07, 6.45) is 0. The van der Waals surface area contributed by atoms with Crippen molar-refractivity contribution in [1.29, 1.82) is 0 Å². The molecule has 63 heavy (non-hydrogen) atoms. The highest BCUT2D eigenvalue weighted by molar-refractivity contribution is 6.27. The molecule has 2 aromatic heterocycles. The number of rotatable bonds is 7. The first-order valence-corrected chi connectivity index (χ1v) is 21.5. The summed E-state index contributed by atoms with van der Waals surface area (Å²) in [4.78, 5) is 17.4. The lowest BCUT2D eigenvalue weighted by Crippen LogP contribution is -2.16. The third-order valence-corrected chi connectivity index (χ3v) is 12.8. The number of hydrogen-bond acceptors (Lipinski definition) is 4. The molecule has 2 heterocycles. The third kappa shape index (κ3) is 5.88. The minimum absolute atomic E-state index is 0.268. The van der Waals surface area contributed by atoms with Crippen LogP contribution in [0.25, 0.3) is 83.6 Å². The number of aromatic nitrogens is 4. The highest BCUT2D eigenvalue weighted by Crippen LogP contribution is 2.56. The quantitative estimate of drug-likeness (QED) is 0.161. The molecule has 11 aromatic rings. The van der Waals surface area contributed by atoms with Crippen molar-refractivity contribution in [3.8, 4) is 51.0 Å². The van der Waals surface area contributed by atoms with Crippen LogP contribution in [0.1, 0.15) is 25.0 Å². The van der Waals surface area contributed by atoms with Crippen LogP contribution < -0.4 is 4.90 Å². The predicted octanol–water partition coefficient (Wildman–Crippen LogP) is 14.9. The largest absolute Gasteiger partial charge is 0.310 e. The molecular weight excluding hydrogens is 767 g/mol. The number of hydrogen-bond donors (Lipinski definition) is 0. The fourth-order valence-electron chi connectivity index (χ4n) is 9.94. The fourth-order valence-corrected chi connectivity index (χ4v) is 9.94. The molecule has 0 saturated heterocycles. The molecule has 298 valence electrons. The van der Waals surface area contributed by atoms with Crippen molar-refractivity contribution >= 4 is 49.6 Å². The molecule has 5 heteroatoms. The van der Waals surface area contributed by atoms with Gasteiger partial charge >= 0.3 is 0 Å². The molecular formula is C58H41N5. The van der Waals surface area contributed by atoms with Crippen LogP contribution in [0, 0.1) is 0 Å². The maximum absolute atomic E-state index is 5.06. The summed E-state index contributed by atoms with van der Waals surface area (Å²) in [5.74, 6) is 1.92. The van der Waals surface area contributed by atoms with E-state index in [4.69, 9.17) is 15.0 Å². The Bertz CT molecular complexity index is 3410. The van der Waals surface area contributed by atoms with Crippen molar-refractivity contribution in [3.63, 3.8) is 0 Å². The van der Waals surface area contributed by atoms with Crippen molar-refractivity contribution in [2.24, 2.45) is 0 Å². The molecule has 0 unspecified atom stereocenters. The minimum atomic E-state index is -0.268. The monoisotopic (exact) mass is 807 g/mol. The lowest BCUT2D eigenvalue weighted by atomic mass is 9.80. The molecule has 0 saturated carbocycles. The van der Waals surface area contributed by atoms with Gasteiger partial charge in [0.1, 0.15) is 0 Å². The Kier molecular flexibility index (Phi) is 8.44. The molecule has 0 bridgehead atoms. The van der Waals surface area contributed by atoms with Crippen LogP contribution in [-0.2, 0) is 5.41 Å². The third-order valence-electron chi connectivity index (χ3n) is 12.8. The molecule has 0 N–H and O–H groups in total. The van der Waals surface area contributed by atoms with Crippen molar-refractivity contribution < 1.29 is 0 Å². The van der Waals surface area contributed by atoms with Crippen molar-refractivity contribution in [2.75, 3.05) is 4.90 Å². The zero-order valence-corrected chi connectivity index (χ0v) is 34.9. The molecule has 9 aromatic carbocycles. The van der Waals surface area contributed by atoms with Crippen LogP contribution in [0.2, 0.25) is 0 Å². The smallest absolute Gasteiger partial charge is 0.164 e. The SMILES string of the molecule is CC1(C)c2ccccc2-c2c1c1c(c3ccccc23)c2cc(N(c3ccccc3)c3ccccc3)ccc2n1-c1ccc(-c2nc(-c3ccccc3)nc(-c3ccccc3)n2)cc1. The zero-order chi connectivity index (χ0) is 42.1. The molecule has 0 spiro atoms. The summed E-state index contributed by atoms with van der Waals surface area (Å²) in [6.45, 7) is 4.79. The van der Waals surface area contributed by atoms with E-state index in [1.165, 1.54) is 49.3 Å². The van der Waals surface area contributed by atoms with Gasteiger partial charge in [-0.1, -0.05) is 159 Å². The summed E-state index contributed by atoms with van der Waals surface area (Å²) in [5, 5.41) is 4.98. The number of anilines is 3. The Morgan fingerprint density at radius 3 is 1.51 bits per heavy atom. The normalized spacial score (nSPS) is 12.7. The van der Waals surface area contributed by atoms with Crippen LogP contribution in [0.3, 0.4) is 0 Å². The lowest BCUT2D eigenvalue weighted by molar-refractivity contribution is 0.664. The summed E-state index contributed by atoms with van der Waals surface area (Å²) in [6, 6.07) is 75.4. The van der Waals surface area contributed by atoms with Gasteiger partial charge in [-0.3, -0.25) is 0 Å². The van der Waals surface area contributed by atoms with Crippen molar-refractivity contribution in [1.82, 2.24) is 19.5 Å². The van der Waals surface area contributed by atoms with Gasteiger partial charge in [-0.05, 0) is 99.8 Å². The number of fused-ring (bicyclic) bond motifs is 10. The Labute approximate surface area is 366 Å². The second kappa shape index (κ2) is 14.5. The summed E-state index contributed by atoms with van der Waals surface area (Å²) in [5.41, 5.74) is 14.6. The summed E-state index contributed by atoms with van der Waals surface area (Å²) >= 11 is 0. The van der Waals surface area contributed by atoms with E-state index >= 15 is 0 Å². The van der Waals surface area contributed by atoms with Crippen LogP contribution in [0.15, 0.2) is 212 Å². The highest BCUT2D eigenvalue weighted by atomic mass is 15.1. The molecule has 0 atom stereocenters. The van der Waals surface area contributed by atoms with E-state index in [2.05, 4.69) is 175 Å². The highest BCUT2D eigenvalue weighted by Gasteiger charge is 2.40. The predicted molar refractivity (Wildman–Crippen MR) is 260 cm³/mol. The fraction of sp³-hybridized carbons (Fsp3) is 0.0517. The average molecular weight is 808 g/mol. The topological polar surface area (TPSA) is 46.8 Å². The van der Waals surface area contributed by atoms with E-state index in [0.29, 0.717) is 17.5 Å². The van der Waals surface area contributed by atoms with E-state index < -0.39 is 0 Å². The maximum atomic E-state index is 5.06. The van der Waals surface area contributed by atoms with Gasteiger partial charge in [-0.15, -0.1) is 0 Å². The van der Waals surface area contributed by atoms with Crippen LogP contribution in [0.5, 0.6) is 0 Å². The van der Waals surface area contributed by atoms with Gasteiger partial charge in [0.15, 0.2) is 17.5 Å². The molecule has 0 aliphatic heterocycles. The Hall–Kier alpha value is -8.15. The molecule has 12 rings (SSSR count). The van der Waals surface area contributed by atoms with E-state index in [-0.39, 0.29) is 5.41 Å². The summed E-state index contributed by atoms with van der Waals surface area (Å²) < 4.78 is 2.50. The van der Waals surface area contributed by atoms with Gasteiger partial charge in [-0.25, -0.2) is 15.0 Å². The van der Waals surface area contributed by atoms with E-state index in [1.54, 1.807) is 0 Å². The molecule has 1 aliphatic carbocycles. The Balaban J connectivity index is 1.12. The van der Waals surface area contributed by atoms with Crippen LogP contribution >= 0.6 is 0 Å². The maximum Gasteiger partial charge on any atom is 0.164 e. The molecule has 0 radical (unpaired) electrons. The molecule has 0 amide bonds. The van der Waals surface area contributed by atoms with Gasteiger partial charge in [-0.2, -0.15) is 0 Å². The Morgan fingerprint density at radius 2 is 0.921 bits per heavy atom. The first-order chi connectivity index (χ1) is 31.0. The molecule has 5 nitrogen and oxygen atoms in total. The number of nitrogens with zero attached hydrogens (tertiary/aromatic N) is 5. The van der Waals surface area contributed by atoms with E-state index in [1.807, 2.05) is 60.7 Å². The lowest BCUT2D eigenvalue weighted by Gasteiger charge is -2.25. The Morgan fingerprint density at radius 1 is 0.429 bits per heavy atom. The average Bonchev–Trinajstić information content (AvgIpc) is 3.81. The van der Waals surface area contributed by atoms with Gasteiger partial charge in [0.05, 0.1) is 11.0 Å². The van der Waals surface area contributed by atoms with Crippen LogP contribution in [-0.4, -0.2) is 19.5 Å². The van der Waals surface area contributed by atoms with Gasteiger partial charge < -0.3 is 9.47 Å². The standard InChI is InChI=1S/C58H41N5/c1-58(2)49-30-18-17-29-47(49)51-45-27-15-16-28-46(45)52-48-37-44(62(41-23-11-5-12-24-41)42-25-13-6-14-26-42)35-36-50(48)63(54(52)53(51)58)43-33-31-40(32-34-43)57-60-55(38-19-7-3-8-20-38)59-56(61-57)39-21-9-4-10-22-39/h3-37H,1-2H3. The van der Waals surface area contributed by atoms with E-state index in [0.717, 1.165) is 45.0 Å². The van der Waals surface area contributed by atoms with Gasteiger partial charge in [0.2, 0.25) is 0 Å². The number of benzene rings is 9. The van der Waals surface area contributed by atoms with Crippen LogP contribution in [0.4, 0.5) is 17.1 Å². The second-order valence-corrected chi connectivity index (χ2v) is 16.8. The first kappa shape index (κ1) is 36.7. The zero-order valence-electron chi connectivity index (χ0n) is 34.9. The second-order valence-electron chi connectivity index (χ2n) is 16.8. The van der Waals surface area contributed by atoms with E-state index in [9.17, 15) is 0 Å². The van der Waals surface area contributed by atoms with Gasteiger partial charge in [0.25, 0.3) is 0 Å². The summed E-state index contributed by atoms with van der Waals surface area (Å²) in [7, 11) is 0.